The van der Waals surface area contributed by atoms with Crippen molar-refractivity contribution in [3.8, 4) is 0 Å². The Morgan fingerprint density at radius 3 is 2.76 bits per heavy atom. The summed E-state index contributed by atoms with van der Waals surface area (Å²) in [6, 6.07) is 6.77. The number of carbonyl (C=O) groups is 1. The smallest absolute Gasteiger partial charge is 0.241 e. The zero-order valence-corrected chi connectivity index (χ0v) is 12.7. The molecule has 0 spiro atoms. The second-order valence-corrected chi connectivity index (χ2v) is 6.44. The Hall–Kier alpha value is -1.42. The predicted octanol–water partition coefficient (Wildman–Crippen LogP) is 3.22. The van der Waals surface area contributed by atoms with Crippen LogP contribution in [0.4, 0.5) is 4.39 Å². The molecule has 2 atom stereocenters. The lowest BCUT2D eigenvalue weighted by atomic mass is 9.80. The van der Waals surface area contributed by atoms with Crippen LogP contribution < -0.4 is 5.32 Å². The number of hydrogen-bond acceptors (Lipinski definition) is 2. The van der Waals surface area contributed by atoms with Crippen molar-refractivity contribution in [3.63, 3.8) is 0 Å². The number of nitrogens with one attached hydrogen (secondary N) is 1. The Balaban J connectivity index is 1.86. The predicted molar refractivity (Wildman–Crippen MR) is 80.0 cm³/mol. The first kappa shape index (κ1) is 14.5. The monoisotopic (exact) mass is 290 g/mol. The fourth-order valence-corrected chi connectivity index (χ4v) is 3.56. The van der Waals surface area contributed by atoms with Crippen LogP contribution in [0.2, 0.25) is 0 Å². The molecule has 4 heteroatoms. The number of hydrogen-bond donors (Lipinski definition) is 1. The highest BCUT2D eigenvalue weighted by molar-refractivity contribution is 5.85. The molecule has 1 aliphatic heterocycles. The van der Waals surface area contributed by atoms with Gasteiger partial charge in [0.15, 0.2) is 0 Å². The average Bonchev–Trinajstić information content (AvgIpc) is 2.73. The molecule has 1 saturated carbocycles. The summed E-state index contributed by atoms with van der Waals surface area (Å²) in [4.78, 5) is 14.6. The molecule has 1 N–H and O–H groups in total. The maximum Gasteiger partial charge on any atom is 0.241 e. The van der Waals surface area contributed by atoms with E-state index in [1.54, 1.807) is 6.07 Å². The van der Waals surface area contributed by atoms with Crippen LogP contribution in [-0.2, 0) is 4.79 Å². The number of halogens is 1. The molecule has 3 nitrogen and oxygen atoms in total. The number of nitrogens with zero attached hydrogens (tertiary/aromatic N) is 1. The minimum absolute atomic E-state index is 0.126. The third-order valence-electron chi connectivity index (χ3n) is 4.67. The molecule has 3 rings (SSSR count). The molecule has 1 heterocycles. The molecule has 0 radical (unpaired) electrons. The highest BCUT2D eigenvalue weighted by Gasteiger charge is 2.45. The van der Waals surface area contributed by atoms with Crippen LogP contribution in [-0.4, -0.2) is 22.9 Å². The summed E-state index contributed by atoms with van der Waals surface area (Å²) in [6.45, 7) is 4.30. The topological polar surface area (TPSA) is 32.3 Å². The van der Waals surface area contributed by atoms with Crippen LogP contribution in [0.15, 0.2) is 24.3 Å². The molecule has 0 aromatic heterocycles. The van der Waals surface area contributed by atoms with E-state index in [1.807, 2.05) is 11.0 Å². The van der Waals surface area contributed by atoms with Gasteiger partial charge in [0.1, 0.15) is 12.0 Å². The molecule has 1 amide bonds. The molecule has 2 fully saturated rings. The number of rotatable bonds is 4. The first-order valence-corrected chi connectivity index (χ1v) is 7.93. The van der Waals surface area contributed by atoms with Crippen LogP contribution >= 0.6 is 0 Å². The van der Waals surface area contributed by atoms with Gasteiger partial charge in [-0.3, -0.25) is 10.1 Å². The van der Waals surface area contributed by atoms with E-state index in [2.05, 4.69) is 19.2 Å². The van der Waals surface area contributed by atoms with Gasteiger partial charge in [0.2, 0.25) is 5.91 Å². The lowest BCUT2D eigenvalue weighted by Gasteiger charge is -2.42. The van der Waals surface area contributed by atoms with Gasteiger partial charge in [0, 0.05) is 6.04 Å². The van der Waals surface area contributed by atoms with Crippen LogP contribution in [0.3, 0.4) is 0 Å². The summed E-state index contributed by atoms with van der Waals surface area (Å²) < 4.78 is 13.5. The van der Waals surface area contributed by atoms with Gasteiger partial charge in [-0.25, -0.2) is 4.39 Å². The maximum atomic E-state index is 13.5. The van der Waals surface area contributed by atoms with E-state index >= 15 is 0 Å². The third-order valence-corrected chi connectivity index (χ3v) is 4.67. The molecule has 21 heavy (non-hydrogen) atoms. The summed E-state index contributed by atoms with van der Waals surface area (Å²) in [5, 5.41) is 3.41. The molecule has 2 unspecified atom stereocenters. The van der Waals surface area contributed by atoms with Crippen molar-refractivity contribution in [2.75, 3.05) is 0 Å². The molecule has 2 aliphatic rings. The van der Waals surface area contributed by atoms with Crippen LogP contribution in [0.5, 0.6) is 0 Å². The maximum absolute atomic E-state index is 13.5. The van der Waals surface area contributed by atoms with E-state index in [-0.39, 0.29) is 23.9 Å². The molecule has 1 aliphatic carbocycles. The van der Waals surface area contributed by atoms with Crippen molar-refractivity contribution >= 4 is 5.91 Å². The van der Waals surface area contributed by atoms with Gasteiger partial charge in [0.05, 0.1) is 6.04 Å². The van der Waals surface area contributed by atoms with Gasteiger partial charge in [-0.15, -0.1) is 0 Å². The summed E-state index contributed by atoms with van der Waals surface area (Å²) in [6.07, 6.45) is 3.73. The lowest BCUT2D eigenvalue weighted by Crippen LogP contribution is -2.47. The van der Waals surface area contributed by atoms with Crippen molar-refractivity contribution in [1.82, 2.24) is 10.2 Å². The fourth-order valence-electron chi connectivity index (χ4n) is 3.56. The van der Waals surface area contributed by atoms with E-state index in [1.165, 1.54) is 12.1 Å². The van der Waals surface area contributed by atoms with Crippen LogP contribution in [0, 0.1) is 11.7 Å². The van der Waals surface area contributed by atoms with Crippen molar-refractivity contribution < 1.29 is 9.18 Å². The van der Waals surface area contributed by atoms with E-state index in [0.717, 1.165) is 31.2 Å². The van der Waals surface area contributed by atoms with E-state index in [9.17, 15) is 9.18 Å². The first-order valence-electron chi connectivity index (χ1n) is 7.93. The van der Waals surface area contributed by atoms with Gasteiger partial charge in [-0.1, -0.05) is 32.4 Å². The normalized spacial score (nSPS) is 32.3. The van der Waals surface area contributed by atoms with Crippen molar-refractivity contribution in [1.29, 1.82) is 0 Å². The molecule has 0 bridgehead atoms. The summed E-state index contributed by atoms with van der Waals surface area (Å²) in [5.41, 5.74) is 0.849. The van der Waals surface area contributed by atoms with E-state index in [4.69, 9.17) is 0 Å². The van der Waals surface area contributed by atoms with E-state index in [0.29, 0.717) is 12.0 Å². The molecular weight excluding hydrogens is 267 g/mol. The Morgan fingerprint density at radius 1 is 1.38 bits per heavy atom. The minimum atomic E-state index is -0.248. The van der Waals surface area contributed by atoms with Crippen molar-refractivity contribution in [2.24, 2.45) is 5.92 Å². The summed E-state index contributed by atoms with van der Waals surface area (Å²) in [7, 11) is 0. The second kappa shape index (κ2) is 5.76. The lowest BCUT2D eigenvalue weighted by molar-refractivity contribution is -0.135. The quantitative estimate of drug-likeness (QED) is 0.923. The van der Waals surface area contributed by atoms with Gasteiger partial charge in [-0.05, 0) is 42.9 Å². The molecule has 1 aromatic rings. The number of benzene rings is 1. The number of amides is 1. The standard InChI is InChI=1S/C17H23FN2O/c1-3-5-15-17(21)20(14-8-11(2)9-14)16(19-15)12-6-4-7-13(18)10-12/h4,6-7,10-11,14-16,19H,3,5,8-9H2,1-2H3. The van der Waals surface area contributed by atoms with Crippen LogP contribution in [0.1, 0.15) is 51.3 Å². The average molecular weight is 290 g/mol. The Labute approximate surface area is 125 Å². The Kier molecular flexibility index (Phi) is 3.98. The van der Waals surface area contributed by atoms with Crippen molar-refractivity contribution in [2.45, 2.75) is 57.8 Å². The Bertz CT molecular complexity index is 527. The minimum Gasteiger partial charge on any atom is -0.319 e. The largest absolute Gasteiger partial charge is 0.319 e. The van der Waals surface area contributed by atoms with Crippen LogP contribution in [0.25, 0.3) is 0 Å². The molecular formula is C17H23FN2O. The number of carbonyl (C=O) groups excluding carboxylic acids is 1. The van der Waals surface area contributed by atoms with Crippen molar-refractivity contribution in [3.05, 3.63) is 35.6 Å². The second-order valence-electron chi connectivity index (χ2n) is 6.44. The summed E-state index contributed by atoms with van der Waals surface area (Å²) in [5.74, 6) is 0.617. The molecule has 1 aromatic carbocycles. The molecule has 1 saturated heterocycles. The zero-order chi connectivity index (χ0) is 15.0. The first-order chi connectivity index (χ1) is 10.1. The van der Waals surface area contributed by atoms with Gasteiger partial charge in [0.25, 0.3) is 0 Å². The highest BCUT2D eigenvalue weighted by Crippen LogP contribution is 2.39. The Morgan fingerprint density at radius 2 is 2.14 bits per heavy atom. The third kappa shape index (κ3) is 2.69. The summed E-state index contributed by atoms with van der Waals surface area (Å²) >= 11 is 0. The SMILES string of the molecule is CCCC1NC(c2cccc(F)c2)N(C2CC(C)C2)C1=O. The molecule has 114 valence electrons. The van der Waals surface area contributed by atoms with E-state index < -0.39 is 0 Å². The highest BCUT2D eigenvalue weighted by atomic mass is 19.1. The fraction of sp³-hybridized carbons (Fsp3) is 0.588. The van der Waals surface area contributed by atoms with Gasteiger partial charge in [-0.2, -0.15) is 0 Å². The van der Waals surface area contributed by atoms with Gasteiger partial charge < -0.3 is 4.90 Å². The van der Waals surface area contributed by atoms with Gasteiger partial charge >= 0.3 is 0 Å². The zero-order valence-electron chi connectivity index (χ0n) is 12.7.